The summed E-state index contributed by atoms with van der Waals surface area (Å²) in [4.78, 5) is 22.6. The van der Waals surface area contributed by atoms with Gasteiger partial charge in [0.2, 0.25) is 0 Å². The van der Waals surface area contributed by atoms with Crippen molar-refractivity contribution in [3.05, 3.63) is 70.5 Å². The van der Waals surface area contributed by atoms with Crippen LogP contribution in [0, 0.1) is 0 Å². The molecule has 112 valence electrons. The number of carbonyl (C=O) groups is 2. The molecule has 0 atom stereocenters. The van der Waals surface area contributed by atoms with Crippen LogP contribution in [0.1, 0.15) is 21.7 Å². The molecule has 2 aromatic rings. The SMILES string of the molecule is Cn1c(/C=C/C(=O)O)ccc1/C=C/C(=O)c1cccc(Cl)c1. The second kappa shape index (κ2) is 6.91. The summed E-state index contributed by atoms with van der Waals surface area (Å²) < 4.78 is 1.79. The quantitative estimate of drug-likeness (QED) is 0.676. The minimum Gasteiger partial charge on any atom is -0.478 e. The smallest absolute Gasteiger partial charge is 0.328 e. The van der Waals surface area contributed by atoms with Gasteiger partial charge >= 0.3 is 5.97 Å². The van der Waals surface area contributed by atoms with Crippen LogP contribution < -0.4 is 0 Å². The fourth-order valence-electron chi connectivity index (χ4n) is 1.93. The summed E-state index contributed by atoms with van der Waals surface area (Å²) in [6, 6.07) is 10.3. The third-order valence-corrected chi connectivity index (χ3v) is 3.35. The molecule has 0 aliphatic heterocycles. The monoisotopic (exact) mass is 315 g/mol. The summed E-state index contributed by atoms with van der Waals surface area (Å²) in [5.74, 6) is -1.15. The summed E-state index contributed by atoms with van der Waals surface area (Å²) in [7, 11) is 1.80. The lowest BCUT2D eigenvalue weighted by Gasteiger charge is -2.01. The summed E-state index contributed by atoms with van der Waals surface area (Å²) in [5, 5.41) is 9.14. The molecular formula is C17H14ClNO3. The van der Waals surface area contributed by atoms with Gasteiger partial charge in [-0.15, -0.1) is 0 Å². The number of carboxylic acid groups (broad SMARTS) is 1. The molecule has 0 spiro atoms. The van der Waals surface area contributed by atoms with Gasteiger partial charge in [-0.1, -0.05) is 23.7 Å². The molecular weight excluding hydrogens is 302 g/mol. The van der Waals surface area contributed by atoms with Gasteiger partial charge in [0, 0.05) is 35.1 Å². The molecule has 5 heteroatoms. The molecule has 0 aliphatic carbocycles. The van der Waals surface area contributed by atoms with E-state index in [4.69, 9.17) is 16.7 Å². The molecule has 0 unspecified atom stereocenters. The van der Waals surface area contributed by atoms with Crippen LogP contribution in [-0.4, -0.2) is 21.4 Å². The summed E-state index contributed by atoms with van der Waals surface area (Å²) in [6.45, 7) is 0. The van der Waals surface area contributed by atoms with Gasteiger partial charge in [0.15, 0.2) is 5.78 Å². The predicted octanol–water partition coefficient (Wildman–Crippen LogP) is 3.67. The third kappa shape index (κ3) is 3.96. The maximum Gasteiger partial charge on any atom is 0.328 e. The third-order valence-electron chi connectivity index (χ3n) is 3.11. The molecule has 0 radical (unpaired) electrons. The second-order valence-electron chi connectivity index (χ2n) is 4.62. The first-order valence-corrected chi connectivity index (χ1v) is 6.90. The molecule has 0 fully saturated rings. The van der Waals surface area contributed by atoms with E-state index in [1.165, 1.54) is 12.2 Å². The van der Waals surface area contributed by atoms with E-state index >= 15 is 0 Å². The van der Waals surface area contributed by atoms with Crippen molar-refractivity contribution < 1.29 is 14.7 Å². The van der Waals surface area contributed by atoms with E-state index in [-0.39, 0.29) is 5.78 Å². The van der Waals surface area contributed by atoms with Crippen molar-refractivity contribution >= 4 is 35.5 Å². The van der Waals surface area contributed by atoms with Crippen molar-refractivity contribution in [2.45, 2.75) is 0 Å². The van der Waals surface area contributed by atoms with Gasteiger partial charge < -0.3 is 9.67 Å². The van der Waals surface area contributed by atoms with Crippen LogP contribution in [0.3, 0.4) is 0 Å². The summed E-state index contributed by atoms with van der Waals surface area (Å²) in [5.41, 5.74) is 2.04. The lowest BCUT2D eigenvalue weighted by molar-refractivity contribution is -0.131. The lowest BCUT2D eigenvalue weighted by atomic mass is 10.1. The van der Waals surface area contributed by atoms with Crippen molar-refractivity contribution in [2.24, 2.45) is 7.05 Å². The number of halogens is 1. The largest absolute Gasteiger partial charge is 0.478 e. The van der Waals surface area contributed by atoms with E-state index in [9.17, 15) is 9.59 Å². The van der Waals surface area contributed by atoms with Gasteiger partial charge in [0.25, 0.3) is 0 Å². The average molecular weight is 316 g/mol. The normalized spacial score (nSPS) is 11.4. The number of hydrogen-bond acceptors (Lipinski definition) is 2. The molecule has 0 amide bonds. The fraction of sp³-hybridized carbons (Fsp3) is 0.0588. The molecule has 0 bridgehead atoms. The highest BCUT2D eigenvalue weighted by atomic mass is 35.5. The summed E-state index contributed by atoms with van der Waals surface area (Å²) >= 11 is 5.86. The Balaban J connectivity index is 2.17. The minimum atomic E-state index is -1.01. The first kappa shape index (κ1) is 15.8. The number of aromatic nitrogens is 1. The molecule has 0 aliphatic rings. The van der Waals surface area contributed by atoms with Crippen LogP contribution >= 0.6 is 11.6 Å². The number of rotatable bonds is 5. The molecule has 2 rings (SSSR count). The molecule has 4 nitrogen and oxygen atoms in total. The Morgan fingerprint density at radius 3 is 2.32 bits per heavy atom. The van der Waals surface area contributed by atoms with Crippen LogP contribution in [-0.2, 0) is 11.8 Å². The Morgan fingerprint density at radius 1 is 1.09 bits per heavy atom. The van der Waals surface area contributed by atoms with Crippen LogP contribution in [0.25, 0.3) is 12.2 Å². The fourth-order valence-corrected chi connectivity index (χ4v) is 2.12. The van der Waals surface area contributed by atoms with Crippen molar-refractivity contribution in [2.75, 3.05) is 0 Å². The number of benzene rings is 1. The Labute approximate surface area is 133 Å². The van der Waals surface area contributed by atoms with E-state index in [2.05, 4.69) is 0 Å². The number of allylic oxidation sites excluding steroid dienone is 1. The van der Waals surface area contributed by atoms with E-state index in [0.29, 0.717) is 10.6 Å². The molecule has 1 aromatic carbocycles. The van der Waals surface area contributed by atoms with Gasteiger partial charge in [0.1, 0.15) is 0 Å². The maximum atomic E-state index is 12.1. The zero-order valence-electron chi connectivity index (χ0n) is 11.9. The standard InChI is InChI=1S/C17H14ClNO3/c1-19-14(5-6-15(19)8-10-17(21)22)7-9-16(20)12-3-2-4-13(18)11-12/h2-11H,1H3,(H,21,22)/b9-7+,10-8+. The van der Waals surface area contributed by atoms with Crippen molar-refractivity contribution in [1.29, 1.82) is 0 Å². The van der Waals surface area contributed by atoms with Gasteiger partial charge in [-0.25, -0.2) is 4.79 Å². The number of hydrogen-bond donors (Lipinski definition) is 1. The highest BCUT2D eigenvalue weighted by molar-refractivity contribution is 6.31. The lowest BCUT2D eigenvalue weighted by Crippen LogP contribution is -1.96. The number of ketones is 1. The van der Waals surface area contributed by atoms with Crippen LogP contribution in [0.15, 0.2) is 48.6 Å². The highest BCUT2D eigenvalue weighted by Crippen LogP contribution is 2.14. The minimum absolute atomic E-state index is 0.147. The van der Waals surface area contributed by atoms with Gasteiger partial charge in [0.05, 0.1) is 0 Å². The van der Waals surface area contributed by atoms with E-state index < -0.39 is 5.97 Å². The van der Waals surface area contributed by atoms with Crippen LogP contribution in [0.2, 0.25) is 5.02 Å². The molecule has 1 heterocycles. The van der Waals surface area contributed by atoms with E-state index in [1.807, 2.05) is 6.07 Å². The number of carbonyl (C=O) groups excluding carboxylic acids is 1. The molecule has 0 saturated heterocycles. The Bertz CT molecular complexity index is 772. The Morgan fingerprint density at radius 2 is 1.73 bits per heavy atom. The van der Waals surface area contributed by atoms with Crippen LogP contribution in [0.4, 0.5) is 0 Å². The van der Waals surface area contributed by atoms with Gasteiger partial charge in [-0.3, -0.25) is 4.79 Å². The van der Waals surface area contributed by atoms with Crippen LogP contribution in [0.5, 0.6) is 0 Å². The first-order valence-electron chi connectivity index (χ1n) is 6.52. The number of carboxylic acids is 1. The highest BCUT2D eigenvalue weighted by Gasteiger charge is 2.04. The van der Waals surface area contributed by atoms with Crippen molar-refractivity contribution in [3.8, 4) is 0 Å². The predicted molar refractivity (Wildman–Crippen MR) is 86.9 cm³/mol. The number of nitrogens with zero attached hydrogens (tertiary/aromatic N) is 1. The molecule has 22 heavy (non-hydrogen) atoms. The second-order valence-corrected chi connectivity index (χ2v) is 5.06. The van der Waals surface area contributed by atoms with Gasteiger partial charge in [-0.05, 0) is 42.5 Å². The zero-order chi connectivity index (χ0) is 16.1. The number of aliphatic carboxylic acids is 1. The van der Waals surface area contributed by atoms with Gasteiger partial charge in [-0.2, -0.15) is 0 Å². The Kier molecular flexibility index (Phi) is 4.96. The molecule has 1 aromatic heterocycles. The first-order chi connectivity index (χ1) is 10.5. The summed E-state index contributed by atoms with van der Waals surface area (Å²) in [6.07, 6.45) is 5.71. The maximum absolute atomic E-state index is 12.1. The average Bonchev–Trinajstić information content (AvgIpc) is 2.83. The van der Waals surface area contributed by atoms with Crippen molar-refractivity contribution in [1.82, 2.24) is 4.57 Å². The topological polar surface area (TPSA) is 59.3 Å². The van der Waals surface area contributed by atoms with E-state index in [1.54, 1.807) is 48.0 Å². The molecule has 1 N–H and O–H groups in total. The van der Waals surface area contributed by atoms with E-state index in [0.717, 1.165) is 17.5 Å². The zero-order valence-corrected chi connectivity index (χ0v) is 12.6. The van der Waals surface area contributed by atoms with Crippen molar-refractivity contribution in [3.63, 3.8) is 0 Å². The Hall–Kier alpha value is -2.59. The molecule has 0 saturated carbocycles.